The monoisotopic (exact) mass is 259 g/mol. The highest BCUT2D eigenvalue weighted by Gasteiger charge is 2.03. The van der Waals surface area contributed by atoms with Gasteiger partial charge >= 0.3 is 0 Å². The molecular weight excluding hydrogens is 246 g/mol. The maximum absolute atomic E-state index is 5.35. The average molecular weight is 259 g/mol. The van der Waals surface area contributed by atoms with E-state index in [9.17, 15) is 0 Å². The molecule has 1 heterocycles. The molecule has 1 aromatic carbocycles. The molecule has 1 aromatic heterocycles. The topological polar surface area (TPSA) is 69.6 Å². The highest BCUT2D eigenvalue weighted by Crippen LogP contribution is 2.19. The van der Waals surface area contributed by atoms with Crippen LogP contribution in [0.3, 0.4) is 0 Å². The minimum atomic E-state index is 0.379. The zero-order valence-corrected chi connectivity index (χ0v) is 10.8. The predicted octanol–water partition coefficient (Wildman–Crippen LogP) is 0.813. The Hall–Kier alpha value is -1.84. The lowest BCUT2D eigenvalue weighted by Crippen LogP contribution is -1.94. The van der Waals surface area contributed by atoms with E-state index in [1.807, 2.05) is 19.2 Å². The van der Waals surface area contributed by atoms with Crippen LogP contribution in [-0.2, 0) is 12.8 Å². The number of nitrogens with zero attached hydrogens (tertiary/aromatic N) is 4. The van der Waals surface area contributed by atoms with Gasteiger partial charge in [-0.15, -0.1) is 5.10 Å². The zero-order valence-electron chi connectivity index (χ0n) is 10.00. The van der Waals surface area contributed by atoms with Crippen LogP contribution in [0, 0.1) is 11.8 Å². The number of hydrogen-bond donors (Lipinski definition) is 1. The smallest absolute Gasteiger partial charge is 0.209 e. The van der Waals surface area contributed by atoms with Gasteiger partial charge in [0.2, 0.25) is 5.16 Å². The first-order valence-corrected chi connectivity index (χ1v) is 6.41. The van der Waals surface area contributed by atoms with E-state index in [2.05, 4.69) is 39.5 Å². The Morgan fingerprint density at radius 2 is 2.33 bits per heavy atom. The van der Waals surface area contributed by atoms with Gasteiger partial charge < -0.3 is 5.73 Å². The maximum Gasteiger partial charge on any atom is 0.209 e. The molecule has 5 nitrogen and oxygen atoms in total. The van der Waals surface area contributed by atoms with Crippen LogP contribution in [0.15, 0.2) is 29.4 Å². The summed E-state index contributed by atoms with van der Waals surface area (Å²) in [5, 5.41) is 12.1. The second kappa shape index (κ2) is 6.19. The summed E-state index contributed by atoms with van der Waals surface area (Å²) < 4.78 is 1.66. The van der Waals surface area contributed by atoms with Crippen molar-refractivity contribution in [3.05, 3.63) is 35.4 Å². The van der Waals surface area contributed by atoms with Crippen LogP contribution < -0.4 is 5.73 Å². The summed E-state index contributed by atoms with van der Waals surface area (Å²) in [7, 11) is 1.82. The number of tetrazole rings is 1. The van der Waals surface area contributed by atoms with Crippen molar-refractivity contribution in [3.8, 4) is 11.8 Å². The lowest BCUT2D eigenvalue weighted by Gasteiger charge is -2.00. The molecule has 0 atom stereocenters. The number of thioether (sulfide) groups is 1. The number of rotatable bonds is 3. The number of aromatic nitrogens is 4. The minimum Gasteiger partial charge on any atom is -0.320 e. The van der Waals surface area contributed by atoms with Crippen molar-refractivity contribution in [1.29, 1.82) is 0 Å². The molecule has 0 spiro atoms. The number of nitrogens with two attached hydrogens (primary N) is 1. The molecule has 92 valence electrons. The first kappa shape index (κ1) is 12.6. The Morgan fingerprint density at radius 3 is 3.06 bits per heavy atom. The largest absolute Gasteiger partial charge is 0.320 e. The molecule has 0 saturated heterocycles. The van der Waals surface area contributed by atoms with E-state index in [0.29, 0.717) is 6.54 Å². The first-order chi connectivity index (χ1) is 8.79. The number of aryl methyl sites for hydroxylation is 1. The summed E-state index contributed by atoms with van der Waals surface area (Å²) in [4.78, 5) is 0. The third-order valence-corrected chi connectivity index (χ3v) is 3.29. The molecule has 2 aromatic rings. The lowest BCUT2D eigenvalue weighted by atomic mass is 10.1. The van der Waals surface area contributed by atoms with Gasteiger partial charge in [-0.25, -0.2) is 4.68 Å². The molecule has 0 amide bonds. The summed E-state index contributed by atoms with van der Waals surface area (Å²) >= 11 is 1.59. The summed E-state index contributed by atoms with van der Waals surface area (Å²) in [5.74, 6) is 6.68. The SMILES string of the molecule is Cn1nnnc1SCc1cccc(C#CCN)c1. The van der Waals surface area contributed by atoms with Crippen molar-refractivity contribution in [2.24, 2.45) is 12.8 Å². The average Bonchev–Trinajstić information content (AvgIpc) is 2.80. The van der Waals surface area contributed by atoms with Crippen LogP contribution in [0.25, 0.3) is 0 Å². The van der Waals surface area contributed by atoms with Crippen molar-refractivity contribution >= 4 is 11.8 Å². The van der Waals surface area contributed by atoms with E-state index in [-0.39, 0.29) is 0 Å². The predicted molar refractivity (Wildman–Crippen MR) is 70.7 cm³/mol. The Bertz CT molecular complexity index is 581. The van der Waals surface area contributed by atoms with Crippen LogP contribution in [0.4, 0.5) is 0 Å². The van der Waals surface area contributed by atoms with Crippen molar-refractivity contribution in [2.45, 2.75) is 10.9 Å². The Morgan fingerprint density at radius 1 is 1.44 bits per heavy atom. The van der Waals surface area contributed by atoms with Gasteiger partial charge in [-0.3, -0.25) is 0 Å². The summed E-state index contributed by atoms with van der Waals surface area (Å²) in [5.41, 5.74) is 7.52. The fourth-order valence-corrected chi connectivity index (χ4v) is 2.18. The van der Waals surface area contributed by atoms with Crippen molar-refractivity contribution < 1.29 is 0 Å². The molecule has 18 heavy (non-hydrogen) atoms. The van der Waals surface area contributed by atoms with Gasteiger partial charge in [-0.1, -0.05) is 35.7 Å². The normalized spacial score (nSPS) is 9.89. The van der Waals surface area contributed by atoms with Gasteiger partial charge in [0, 0.05) is 18.4 Å². The van der Waals surface area contributed by atoms with E-state index in [1.54, 1.807) is 16.4 Å². The molecule has 0 unspecified atom stereocenters. The van der Waals surface area contributed by atoms with Crippen LogP contribution in [0.2, 0.25) is 0 Å². The van der Waals surface area contributed by atoms with Crippen LogP contribution in [0.1, 0.15) is 11.1 Å². The van der Waals surface area contributed by atoms with Crippen molar-refractivity contribution in [3.63, 3.8) is 0 Å². The van der Waals surface area contributed by atoms with E-state index < -0.39 is 0 Å². The van der Waals surface area contributed by atoms with Crippen LogP contribution >= 0.6 is 11.8 Å². The van der Waals surface area contributed by atoms with E-state index in [0.717, 1.165) is 16.5 Å². The molecule has 0 fully saturated rings. The maximum atomic E-state index is 5.35. The molecule has 6 heteroatoms. The Labute approximate surface area is 110 Å². The lowest BCUT2D eigenvalue weighted by molar-refractivity contribution is 0.664. The van der Waals surface area contributed by atoms with Crippen LogP contribution in [0.5, 0.6) is 0 Å². The van der Waals surface area contributed by atoms with Gasteiger partial charge in [0.1, 0.15) is 0 Å². The van der Waals surface area contributed by atoms with Crippen LogP contribution in [-0.4, -0.2) is 26.8 Å². The highest BCUT2D eigenvalue weighted by molar-refractivity contribution is 7.98. The molecule has 0 bridgehead atoms. The third kappa shape index (κ3) is 3.32. The molecule has 0 aliphatic carbocycles. The second-order valence-electron chi connectivity index (χ2n) is 3.58. The molecule has 2 N–H and O–H groups in total. The molecule has 0 radical (unpaired) electrons. The first-order valence-electron chi connectivity index (χ1n) is 5.42. The van der Waals surface area contributed by atoms with Gasteiger partial charge in [-0.2, -0.15) is 0 Å². The number of benzene rings is 1. The summed E-state index contributed by atoms with van der Waals surface area (Å²) in [6, 6.07) is 8.08. The van der Waals surface area contributed by atoms with Gasteiger partial charge in [0.15, 0.2) is 0 Å². The number of hydrogen-bond acceptors (Lipinski definition) is 5. The quantitative estimate of drug-likeness (QED) is 0.652. The standard InChI is InChI=1S/C12H13N5S/c1-17-12(14-15-16-17)18-9-11-5-2-4-10(8-11)6-3-7-13/h2,4-5,8H,7,9,13H2,1H3. The van der Waals surface area contributed by atoms with Crippen molar-refractivity contribution in [2.75, 3.05) is 6.54 Å². The molecular formula is C12H13N5S. The zero-order chi connectivity index (χ0) is 12.8. The highest BCUT2D eigenvalue weighted by atomic mass is 32.2. The van der Waals surface area contributed by atoms with Gasteiger partial charge in [-0.05, 0) is 28.1 Å². The van der Waals surface area contributed by atoms with Crippen molar-refractivity contribution in [1.82, 2.24) is 20.2 Å². The fourth-order valence-electron chi connectivity index (χ4n) is 1.38. The molecule has 0 aliphatic rings. The summed E-state index contributed by atoms with van der Waals surface area (Å²) in [6.07, 6.45) is 0. The third-order valence-electron chi connectivity index (χ3n) is 2.21. The van der Waals surface area contributed by atoms with E-state index in [1.165, 1.54) is 5.56 Å². The van der Waals surface area contributed by atoms with Gasteiger partial charge in [0.05, 0.1) is 6.54 Å². The second-order valence-corrected chi connectivity index (χ2v) is 4.52. The minimum absolute atomic E-state index is 0.379. The molecule has 0 saturated carbocycles. The Kier molecular flexibility index (Phi) is 4.34. The fraction of sp³-hybridized carbons (Fsp3) is 0.250. The van der Waals surface area contributed by atoms with E-state index >= 15 is 0 Å². The summed E-state index contributed by atoms with van der Waals surface area (Å²) in [6.45, 7) is 0.379. The van der Waals surface area contributed by atoms with Gasteiger partial charge in [0.25, 0.3) is 0 Å². The molecule has 2 rings (SSSR count). The Balaban J connectivity index is 2.03. The molecule has 0 aliphatic heterocycles. The van der Waals surface area contributed by atoms with E-state index in [4.69, 9.17) is 5.73 Å².